The molecule has 0 aliphatic heterocycles. The normalized spacial score (nSPS) is 10.7. The van der Waals surface area contributed by atoms with E-state index in [-0.39, 0.29) is 5.92 Å². The Kier molecular flexibility index (Phi) is 4.83. The number of halogens is 1. The molecule has 0 aromatic heterocycles. The second-order valence-corrected chi connectivity index (χ2v) is 4.47. The van der Waals surface area contributed by atoms with Crippen molar-refractivity contribution in [1.82, 2.24) is 0 Å². The number of benzene rings is 1. The highest BCUT2D eigenvalue weighted by Gasteiger charge is 2.07. The van der Waals surface area contributed by atoms with Crippen molar-refractivity contribution in [3.63, 3.8) is 0 Å². The van der Waals surface area contributed by atoms with E-state index in [1.807, 2.05) is 38.1 Å². The molecule has 0 aliphatic carbocycles. The molecule has 0 radical (unpaired) electrons. The van der Waals surface area contributed by atoms with Gasteiger partial charge in [-0.2, -0.15) is 0 Å². The minimum atomic E-state index is 0.149. The third-order valence-corrected chi connectivity index (χ3v) is 2.84. The largest absolute Gasteiger partial charge is 0.299 e. The molecule has 1 aromatic carbocycles. The highest BCUT2D eigenvalue weighted by Crippen LogP contribution is 2.17. The molecule has 0 bridgehead atoms. The molecule has 0 atom stereocenters. The van der Waals surface area contributed by atoms with Crippen molar-refractivity contribution in [2.75, 3.05) is 0 Å². The van der Waals surface area contributed by atoms with Gasteiger partial charge >= 0.3 is 0 Å². The number of carbonyl (C=O) groups is 1. The first kappa shape index (κ1) is 12.3. The lowest BCUT2D eigenvalue weighted by Gasteiger charge is -2.05. The molecule has 0 unspecified atom stereocenters. The predicted molar refractivity (Wildman–Crippen MR) is 64.2 cm³/mol. The Morgan fingerprint density at radius 2 is 2.00 bits per heavy atom. The maximum absolute atomic E-state index is 11.4. The van der Waals surface area contributed by atoms with Gasteiger partial charge in [0.1, 0.15) is 5.78 Å². The van der Waals surface area contributed by atoms with E-state index in [0.29, 0.717) is 12.2 Å². The van der Waals surface area contributed by atoms with Crippen molar-refractivity contribution < 1.29 is 4.79 Å². The molecule has 2 heteroatoms. The quantitative estimate of drug-likeness (QED) is 0.742. The molecule has 0 spiro atoms. The molecule has 1 aromatic rings. The predicted octanol–water partition coefficient (Wildman–Crippen LogP) is 3.89. The smallest absolute Gasteiger partial charge is 0.135 e. The van der Waals surface area contributed by atoms with Crippen LogP contribution in [-0.4, -0.2) is 5.78 Å². The van der Waals surface area contributed by atoms with Crippen molar-refractivity contribution in [3.05, 3.63) is 34.9 Å². The first-order valence-corrected chi connectivity index (χ1v) is 5.75. The zero-order valence-corrected chi connectivity index (χ0v) is 10.1. The Morgan fingerprint density at radius 1 is 1.33 bits per heavy atom. The highest BCUT2D eigenvalue weighted by atomic mass is 35.5. The van der Waals surface area contributed by atoms with E-state index < -0.39 is 0 Å². The summed E-state index contributed by atoms with van der Waals surface area (Å²) >= 11 is 6.02. The number of hydrogen-bond acceptors (Lipinski definition) is 1. The third kappa shape index (κ3) is 4.05. The van der Waals surface area contributed by atoms with E-state index in [4.69, 9.17) is 11.6 Å². The van der Waals surface area contributed by atoms with Crippen LogP contribution in [0.5, 0.6) is 0 Å². The maximum Gasteiger partial charge on any atom is 0.135 e. The molecule has 82 valence electrons. The van der Waals surface area contributed by atoms with Crippen LogP contribution < -0.4 is 0 Å². The Morgan fingerprint density at radius 3 is 2.60 bits per heavy atom. The molecule has 0 N–H and O–H groups in total. The zero-order valence-electron chi connectivity index (χ0n) is 9.29. The molecule has 0 fully saturated rings. The van der Waals surface area contributed by atoms with E-state index in [1.165, 1.54) is 0 Å². The molecular weight excluding hydrogens is 208 g/mol. The van der Waals surface area contributed by atoms with Crippen LogP contribution in [0.25, 0.3) is 0 Å². The number of ketones is 1. The number of Topliss-reactive ketones (excluding diaryl/α,β-unsaturated/α-hetero) is 1. The summed E-state index contributed by atoms with van der Waals surface area (Å²) in [6, 6.07) is 7.81. The monoisotopic (exact) mass is 224 g/mol. The van der Waals surface area contributed by atoms with Gasteiger partial charge in [0.2, 0.25) is 0 Å². The summed E-state index contributed by atoms with van der Waals surface area (Å²) in [4.78, 5) is 11.4. The molecule has 0 heterocycles. The topological polar surface area (TPSA) is 17.1 Å². The number of carbonyl (C=O) groups excluding carboxylic acids is 1. The Bertz CT molecular complexity index is 331. The summed E-state index contributed by atoms with van der Waals surface area (Å²) in [6.45, 7) is 3.88. The molecular formula is C13H17ClO. The van der Waals surface area contributed by atoms with E-state index in [9.17, 15) is 4.79 Å². The van der Waals surface area contributed by atoms with Gasteiger partial charge in [-0.3, -0.25) is 4.79 Å². The van der Waals surface area contributed by atoms with Crippen molar-refractivity contribution in [1.29, 1.82) is 0 Å². The molecule has 0 saturated heterocycles. The van der Waals surface area contributed by atoms with Gasteiger partial charge in [0.05, 0.1) is 0 Å². The van der Waals surface area contributed by atoms with Gasteiger partial charge in [-0.15, -0.1) is 0 Å². The van der Waals surface area contributed by atoms with Gasteiger partial charge in [0, 0.05) is 17.4 Å². The lowest BCUT2D eigenvalue weighted by molar-refractivity contribution is -0.121. The lowest BCUT2D eigenvalue weighted by atomic mass is 10.0. The fourth-order valence-corrected chi connectivity index (χ4v) is 1.67. The molecule has 1 nitrogen and oxygen atoms in total. The molecule has 1 rings (SSSR count). The van der Waals surface area contributed by atoms with E-state index >= 15 is 0 Å². The molecule has 15 heavy (non-hydrogen) atoms. The van der Waals surface area contributed by atoms with E-state index in [1.54, 1.807) is 0 Å². The first-order chi connectivity index (χ1) is 7.11. The highest BCUT2D eigenvalue weighted by molar-refractivity contribution is 6.31. The summed E-state index contributed by atoms with van der Waals surface area (Å²) in [7, 11) is 0. The van der Waals surface area contributed by atoms with Gasteiger partial charge in [0.25, 0.3) is 0 Å². The zero-order chi connectivity index (χ0) is 11.3. The third-order valence-electron chi connectivity index (χ3n) is 2.47. The van der Waals surface area contributed by atoms with Gasteiger partial charge < -0.3 is 0 Å². The SMILES string of the molecule is CC(C)C(=O)CCCc1ccccc1Cl. The fourth-order valence-electron chi connectivity index (χ4n) is 1.44. The number of aryl methyl sites for hydroxylation is 1. The average Bonchev–Trinajstić information content (AvgIpc) is 2.20. The second kappa shape index (κ2) is 5.92. The summed E-state index contributed by atoms with van der Waals surface area (Å²) in [5, 5.41) is 0.800. The Balaban J connectivity index is 2.38. The summed E-state index contributed by atoms with van der Waals surface area (Å²) < 4.78 is 0. The van der Waals surface area contributed by atoms with Gasteiger partial charge in [-0.1, -0.05) is 43.6 Å². The van der Waals surface area contributed by atoms with Crippen LogP contribution in [0.3, 0.4) is 0 Å². The molecule has 0 amide bonds. The van der Waals surface area contributed by atoms with E-state index in [2.05, 4.69) is 0 Å². The van der Waals surface area contributed by atoms with Crippen molar-refractivity contribution >= 4 is 17.4 Å². The maximum atomic E-state index is 11.4. The van der Waals surface area contributed by atoms with Crippen LogP contribution in [0, 0.1) is 5.92 Å². The van der Waals surface area contributed by atoms with Crippen LogP contribution in [0.2, 0.25) is 5.02 Å². The van der Waals surface area contributed by atoms with Crippen molar-refractivity contribution in [3.8, 4) is 0 Å². The van der Waals surface area contributed by atoms with Crippen LogP contribution in [0.1, 0.15) is 32.3 Å². The van der Waals surface area contributed by atoms with Gasteiger partial charge in [-0.25, -0.2) is 0 Å². The summed E-state index contributed by atoms with van der Waals surface area (Å²) in [5.41, 5.74) is 1.13. The minimum absolute atomic E-state index is 0.149. The minimum Gasteiger partial charge on any atom is -0.299 e. The molecule has 0 saturated carbocycles. The lowest BCUT2D eigenvalue weighted by Crippen LogP contribution is -2.06. The Labute approximate surface area is 96.5 Å². The van der Waals surface area contributed by atoms with Crippen LogP contribution in [-0.2, 0) is 11.2 Å². The second-order valence-electron chi connectivity index (χ2n) is 4.07. The van der Waals surface area contributed by atoms with Crippen LogP contribution >= 0.6 is 11.6 Å². The van der Waals surface area contributed by atoms with Crippen LogP contribution in [0.15, 0.2) is 24.3 Å². The molecule has 0 aliphatic rings. The van der Waals surface area contributed by atoms with Crippen molar-refractivity contribution in [2.45, 2.75) is 33.1 Å². The van der Waals surface area contributed by atoms with E-state index in [0.717, 1.165) is 23.4 Å². The summed E-state index contributed by atoms with van der Waals surface area (Å²) in [6.07, 6.45) is 2.43. The van der Waals surface area contributed by atoms with Crippen molar-refractivity contribution in [2.24, 2.45) is 5.92 Å². The van der Waals surface area contributed by atoms with Crippen LogP contribution in [0.4, 0.5) is 0 Å². The standard InChI is InChI=1S/C13H17ClO/c1-10(2)13(15)9-5-7-11-6-3-4-8-12(11)14/h3-4,6,8,10H,5,7,9H2,1-2H3. The number of hydrogen-bond donors (Lipinski definition) is 0. The van der Waals surface area contributed by atoms with Gasteiger partial charge in [0.15, 0.2) is 0 Å². The average molecular weight is 225 g/mol. The van der Waals surface area contributed by atoms with Gasteiger partial charge in [-0.05, 0) is 24.5 Å². The first-order valence-electron chi connectivity index (χ1n) is 5.37. The Hall–Kier alpha value is -0.820. The summed E-state index contributed by atoms with van der Waals surface area (Å²) in [5.74, 6) is 0.485. The fraction of sp³-hybridized carbons (Fsp3) is 0.462. The number of rotatable bonds is 5.